The van der Waals surface area contributed by atoms with Crippen molar-refractivity contribution in [2.24, 2.45) is 0 Å². The maximum absolute atomic E-state index is 13.5. The van der Waals surface area contributed by atoms with Crippen molar-refractivity contribution in [1.82, 2.24) is 4.57 Å². The van der Waals surface area contributed by atoms with E-state index in [0.29, 0.717) is 24.1 Å². The average Bonchev–Trinajstić information content (AvgIpc) is 2.74. The first-order valence-corrected chi connectivity index (χ1v) is 5.71. The van der Waals surface area contributed by atoms with Crippen molar-refractivity contribution in [2.75, 3.05) is 6.61 Å². The molecule has 3 nitrogen and oxygen atoms in total. The predicted molar refractivity (Wildman–Crippen MR) is 67.7 cm³/mol. The number of halogens is 1. The standard InChI is InChI=1S/C14H14FNO2/c1-3-18-14(17)10(2)9-16-8-7-11-12(15)5-4-6-13(11)16/h4-8H,2-3,9H2,1H3. The molecule has 0 N–H and O–H groups in total. The van der Waals surface area contributed by atoms with E-state index in [-0.39, 0.29) is 5.82 Å². The van der Waals surface area contributed by atoms with Crippen LogP contribution in [0.2, 0.25) is 0 Å². The van der Waals surface area contributed by atoms with Crippen molar-refractivity contribution >= 4 is 16.9 Å². The van der Waals surface area contributed by atoms with Gasteiger partial charge in [0.25, 0.3) is 0 Å². The zero-order valence-electron chi connectivity index (χ0n) is 10.1. The molecular formula is C14H14FNO2. The Morgan fingerprint density at radius 3 is 2.94 bits per heavy atom. The lowest BCUT2D eigenvalue weighted by Gasteiger charge is -2.08. The molecule has 18 heavy (non-hydrogen) atoms. The number of ether oxygens (including phenoxy) is 1. The number of carbonyl (C=O) groups is 1. The Hall–Kier alpha value is -2.10. The third-order valence-corrected chi connectivity index (χ3v) is 2.69. The summed E-state index contributed by atoms with van der Waals surface area (Å²) in [5.74, 6) is -0.691. The van der Waals surface area contributed by atoms with Gasteiger partial charge in [-0.2, -0.15) is 0 Å². The van der Waals surface area contributed by atoms with Gasteiger partial charge < -0.3 is 9.30 Å². The minimum Gasteiger partial charge on any atom is -0.463 e. The highest BCUT2D eigenvalue weighted by atomic mass is 19.1. The fourth-order valence-electron chi connectivity index (χ4n) is 1.83. The molecule has 0 fully saturated rings. The second kappa shape index (κ2) is 5.04. The molecule has 94 valence electrons. The van der Waals surface area contributed by atoms with E-state index in [2.05, 4.69) is 6.58 Å². The summed E-state index contributed by atoms with van der Waals surface area (Å²) in [5.41, 5.74) is 1.08. The Morgan fingerprint density at radius 1 is 1.44 bits per heavy atom. The van der Waals surface area contributed by atoms with Crippen LogP contribution in [-0.2, 0) is 16.1 Å². The van der Waals surface area contributed by atoms with Gasteiger partial charge in [-0.1, -0.05) is 12.6 Å². The normalized spacial score (nSPS) is 10.6. The number of hydrogen-bond donors (Lipinski definition) is 0. The number of nitrogens with zero attached hydrogens (tertiary/aromatic N) is 1. The van der Waals surface area contributed by atoms with Crippen LogP contribution >= 0.6 is 0 Å². The first-order chi connectivity index (χ1) is 8.63. The fourth-order valence-corrected chi connectivity index (χ4v) is 1.83. The van der Waals surface area contributed by atoms with Crippen LogP contribution in [0.3, 0.4) is 0 Å². The highest BCUT2D eigenvalue weighted by Gasteiger charge is 2.11. The third-order valence-electron chi connectivity index (χ3n) is 2.69. The van der Waals surface area contributed by atoms with Gasteiger partial charge in [0.05, 0.1) is 18.7 Å². The molecule has 2 rings (SSSR count). The van der Waals surface area contributed by atoms with Crippen molar-refractivity contribution in [3.63, 3.8) is 0 Å². The predicted octanol–water partition coefficient (Wildman–Crippen LogP) is 2.90. The summed E-state index contributed by atoms with van der Waals surface area (Å²) in [6.07, 6.45) is 1.73. The molecule has 0 bridgehead atoms. The molecular weight excluding hydrogens is 233 g/mol. The van der Waals surface area contributed by atoms with Crippen LogP contribution in [0.25, 0.3) is 10.9 Å². The van der Waals surface area contributed by atoms with Crippen molar-refractivity contribution in [1.29, 1.82) is 0 Å². The van der Waals surface area contributed by atoms with E-state index in [4.69, 9.17) is 4.74 Å². The minimum atomic E-state index is -0.421. The topological polar surface area (TPSA) is 31.2 Å². The summed E-state index contributed by atoms with van der Waals surface area (Å²) in [6, 6.07) is 6.54. The van der Waals surface area contributed by atoms with Gasteiger partial charge in [-0.25, -0.2) is 9.18 Å². The minimum absolute atomic E-state index is 0.270. The lowest BCUT2D eigenvalue weighted by molar-refractivity contribution is -0.138. The van der Waals surface area contributed by atoms with Crippen LogP contribution in [-0.4, -0.2) is 17.1 Å². The van der Waals surface area contributed by atoms with Gasteiger partial charge in [0.1, 0.15) is 5.82 Å². The van der Waals surface area contributed by atoms with Gasteiger partial charge in [-0.15, -0.1) is 0 Å². The Bertz CT molecular complexity index is 601. The zero-order valence-corrected chi connectivity index (χ0v) is 10.1. The molecule has 0 spiro atoms. The summed E-state index contributed by atoms with van der Waals surface area (Å²) in [5, 5.41) is 0.536. The molecule has 2 aromatic rings. The lowest BCUT2D eigenvalue weighted by Crippen LogP contribution is -2.11. The maximum atomic E-state index is 13.5. The number of hydrogen-bond acceptors (Lipinski definition) is 2. The van der Waals surface area contributed by atoms with Crippen LogP contribution in [0.15, 0.2) is 42.6 Å². The smallest absolute Gasteiger partial charge is 0.335 e. The van der Waals surface area contributed by atoms with E-state index >= 15 is 0 Å². The van der Waals surface area contributed by atoms with E-state index in [0.717, 1.165) is 5.52 Å². The summed E-state index contributed by atoms with van der Waals surface area (Å²) < 4.78 is 20.1. The molecule has 0 aliphatic heterocycles. The SMILES string of the molecule is C=C(Cn1ccc2c(F)cccc21)C(=O)OCC. The molecule has 1 aromatic carbocycles. The van der Waals surface area contributed by atoms with Crippen molar-refractivity contribution in [2.45, 2.75) is 13.5 Å². The molecule has 0 amide bonds. The second-order valence-corrected chi connectivity index (χ2v) is 3.94. The number of carbonyl (C=O) groups excluding carboxylic acids is 1. The van der Waals surface area contributed by atoms with E-state index in [1.165, 1.54) is 6.07 Å². The molecule has 1 aromatic heterocycles. The van der Waals surface area contributed by atoms with E-state index in [1.54, 1.807) is 35.9 Å². The Labute approximate surface area is 104 Å². The number of rotatable bonds is 4. The molecule has 0 saturated carbocycles. The molecule has 0 unspecified atom stereocenters. The Balaban J connectivity index is 2.25. The Kier molecular flexibility index (Phi) is 3.46. The van der Waals surface area contributed by atoms with Crippen LogP contribution < -0.4 is 0 Å². The van der Waals surface area contributed by atoms with E-state index in [1.807, 2.05) is 0 Å². The quantitative estimate of drug-likeness (QED) is 0.614. The molecule has 0 saturated heterocycles. The van der Waals surface area contributed by atoms with Crippen molar-refractivity contribution in [3.8, 4) is 0 Å². The van der Waals surface area contributed by atoms with Gasteiger partial charge in [0.2, 0.25) is 0 Å². The van der Waals surface area contributed by atoms with Crippen LogP contribution in [0.5, 0.6) is 0 Å². The molecule has 1 heterocycles. The first-order valence-electron chi connectivity index (χ1n) is 5.71. The van der Waals surface area contributed by atoms with Gasteiger partial charge in [-0.3, -0.25) is 0 Å². The summed E-state index contributed by atoms with van der Waals surface area (Å²) in [7, 11) is 0. The molecule has 0 radical (unpaired) electrons. The van der Waals surface area contributed by atoms with Crippen LogP contribution in [0.1, 0.15) is 6.92 Å². The summed E-state index contributed by atoms with van der Waals surface area (Å²) in [4.78, 5) is 11.5. The largest absolute Gasteiger partial charge is 0.463 e. The van der Waals surface area contributed by atoms with Gasteiger partial charge in [0, 0.05) is 17.2 Å². The van der Waals surface area contributed by atoms with Gasteiger partial charge in [-0.05, 0) is 25.1 Å². The maximum Gasteiger partial charge on any atom is 0.335 e. The summed E-state index contributed by atoms with van der Waals surface area (Å²) >= 11 is 0. The number of benzene rings is 1. The van der Waals surface area contributed by atoms with Crippen molar-refractivity contribution in [3.05, 3.63) is 48.4 Å². The second-order valence-electron chi connectivity index (χ2n) is 3.94. The summed E-state index contributed by atoms with van der Waals surface area (Å²) in [6.45, 7) is 6.05. The molecule has 0 aliphatic rings. The van der Waals surface area contributed by atoms with Crippen LogP contribution in [0, 0.1) is 5.82 Å². The number of aromatic nitrogens is 1. The first kappa shape index (κ1) is 12.4. The highest BCUT2D eigenvalue weighted by Crippen LogP contribution is 2.19. The molecule has 0 aliphatic carbocycles. The fraction of sp³-hybridized carbons (Fsp3) is 0.214. The highest BCUT2D eigenvalue weighted by molar-refractivity contribution is 5.88. The van der Waals surface area contributed by atoms with Gasteiger partial charge in [0.15, 0.2) is 0 Å². The van der Waals surface area contributed by atoms with E-state index in [9.17, 15) is 9.18 Å². The average molecular weight is 247 g/mol. The van der Waals surface area contributed by atoms with Gasteiger partial charge >= 0.3 is 5.97 Å². The zero-order chi connectivity index (χ0) is 13.1. The third kappa shape index (κ3) is 2.27. The molecule has 4 heteroatoms. The number of esters is 1. The Morgan fingerprint density at radius 2 is 2.22 bits per heavy atom. The lowest BCUT2D eigenvalue weighted by atomic mass is 10.2. The van der Waals surface area contributed by atoms with Crippen LogP contribution in [0.4, 0.5) is 4.39 Å². The number of fused-ring (bicyclic) bond motifs is 1. The molecule has 0 atom stereocenters. The van der Waals surface area contributed by atoms with Crippen molar-refractivity contribution < 1.29 is 13.9 Å². The van der Waals surface area contributed by atoms with E-state index < -0.39 is 5.97 Å². The monoisotopic (exact) mass is 247 g/mol.